The molecule has 3 nitrogen and oxygen atoms in total. The summed E-state index contributed by atoms with van der Waals surface area (Å²) in [6.45, 7) is 0.603. The van der Waals surface area contributed by atoms with Gasteiger partial charge in [0.25, 0.3) is 0 Å². The molecule has 0 amide bonds. The highest BCUT2D eigenvalue weighted by Gasteiger charge is 2.31. The Morgan fingerprint density at radius 3 is 2.79 bits per heavy atom. The third kappa shape index (κ3) is 4.38. The second-order valence-corrected chi connectivity index (χ2v) is 6.67. The smallest absolute Gasteiger partial charge is 0.384 e. The summed E-state index contributed by atoms with van der Waals surface area (Å²) in [5.41, 5.74) is 4.63. The lowest BCUT2D eigenvalue weighted by Gasteiger charge is -2.21. The van der Waals surface area contributed by atoms with Gasteiger partial charge in [-0.3, -0.25) is 0 Å². The highest BCUT2D eigenvalue weighted by atomic mass is 32.2. The minimum atomic E-state index is -4.40. The van der Waals surface area contributed by atoms with E-state index >= 15 is 0 Å². The van der Waals surface area contributed by atoms with Crippen molar-refractivity contribution in [1.82, 2.24) is 4.98 Å². The van der Waals surface area contributed by atoms with E-state index in [1.807, 2.05) is 23.5 Å². The van der Waals surface area contributed by atoms with Gasteiger partial charge in [0.15, 0.2) is 0 Å². The van der Waals surface area contributed by atoms with Crippen LogP contribution >= 0.6 is 23.5 Å². The highest BCUT2D eigenvalue weighted by Crippen LogP contribution is 2.31. The predicted octanol–water partition coefficient (Wildman–Crippen LogP) is 2.94. The van der Waals surface area contributed by atoms with E-state index in [0.29, 0.717) is 11.8 Å². The number of anilines is 2. The molecule has 3 N–H and O–H groups in total. The Morgan fingerprint density at radius 1 is 1.37 bits per heavy atom. The Kier molecular flexibility index (Phi) is 4.72. The third-order valence-electron chi connectivity index (χ3n) is 2.57. The van der Waals surface area contributed by atoms with Crippen LogP contribution in [0.15, 0.2) is 12.1 Å². The van der Waals surface area contributed by atoms with Crippen LogP contribution in [0.3, 0.4) is 0 Å². The fourth-order valence-corrected chi connectivity index (χ4v) is 4.29. The van der Waals surface area contributed by atoms with Gasteiger partial charge in [0.1, 0.15) is 11.6 Å². The van der Waals surface area contributed by atoms with E-state index in [1.165, 1.54) is 0 Å². The van der Waals surface area contributed by atoms with Crippen molar-refractivity contribution in [2.75, 3.05) is 34.9 Å². The molecule has 0 aliphatic carbocycles. The Hall–Kier alpha value is -0.760. The first-order valence-electron chi connectivity index (χ1n) is 5.73. The zero-order valence-corrected chi connectivity index (χ0v) is 11.7. The molecular formula is C11H14F3N3S2. The quantitative estimate of drug-likeness (QED) is 0.899. The van der Waals surface area contributed by atoms with Gasteiger partial charge in [-0.05, 0) is 12.1 Å². The van der Waals surface area contributed by atoms with Gasteiger partial charge < -0.3 is 11.1 Å². The number of thioether (sulfide) groups is 2. The summed E-state index contributed by atoms with van der Waals surface area (Å²) < 4.78 is 37.9. The number of hydrogen-bond donors (Lipinski definition) is 2. The molecule has 1 aromatic rings. The van der Waals surface area contributed by atoms with Crippen molar-refractivity contribution in [2.24, 2.45) is 0 Å². The number of nitrogens with two attached hydrogens (primary N) is 1. The molecule has 1 atom stereocenters. The van der Waals surface area contributed by atoms with Crippen LogP contribution in [0.5, 0.6) is 0 Å². The van der Waals surface area contributed by atoms with Crippen molar-refractivity contribution in [3.63, 3.8) is 0 Å². The minimum Gasteiger partial charge on any atom is -0.384 e. The largest absolute Gasteiger partial charge is 0.416 e. The van der Waals surface area contributed by atoms with Crippen LogP contribution in [-0.2, 0) is 6.18 Å². The first-order chi connectivity index (χ1) is 8.95. The summed E-state index contributed by atoms with van der Waals surface area (Å²) >= 11 is 3.69. The average Bonchev–Trinajstić information content (AvgIpc) is 2.36. The van der Waals surface area contributed by atoms with Gasteiger partial charge in [-0.1, -0.05) is 0 Å². The number of nitrogen functional groups attached to an aromatic ring is 1. The normalized spacial score (nSPS) is 20.3. The van der Waals surface area contributed by atoms with Crippen molar-refractivity contribution in [3.8, 4) is 0 Å². The number of halogens is 3. The molecule has 0 spiro atoms. The molecule has 0 radical (unpaired) electrons. The molecule has 19 heavy (non-hydrogen) atoms. The molecular weight excluding hydrogens is 295 g/mol. The Bertz CT molecular complexity index is 434. The van der Waals surface area contributed by atoms with Crippen molar-refractivity contribution in [2.45, 2.75) is 11.4 Å². The summed E-state index contributed by atoms with van der Waals surface area (Å²) in [6.07, 6.45) is -4.40. The van der Waals surface area contributed by atoms with Crippen molar-refractivity contribution in [3.05, 3.63) is 17.7 Å². The van der Waals surface area contributed by atoms with E-state index in [0.717, 1.165) is 29.4 Å². The molecule has 1 unspecified atom stereocenters. The average molecular weight is 309 g/mol. The van der Waals surface area contributed by atoms with E-state index in [9.17, 15) is 13.2 Å². The second-order valence-electron chi connectivity index (χ2n) is 4.11. The molecule has 8 heteroatoms. The molecule has 0 aromatic carbocycles. The molecule has 1 aromatic heterocycles. The van der Waals surface area contributed by atoms with Gasteiger partial charge in [-0.2, -0.15) is 36.7 Å². The van der Waals surface area contributed by atoms with Gasteiger partial charge in [-0.25, -0.2) is 4.98 Å². The number of pyridine rings is 1. The molecule has 1 aliphatic rings. The summed E-state index contributed by atoms with van der Waals surface area (Å²) in [5, 5.41) is 3.34. The Balaban J connectivity index is 2.01. The monoisotopic (exact) mass is 309 g/mol. The van der Waals surface area contributed by atoms with E-state index in [2.05, 4.69) is 10.3 Å². The van der Waals surface area contributed by atoms with Crippen LogP contribution in [0, 0.1) is 0 Å². The first kappa shape index (κ1) is 14.6. The van der Waals surface area contributed by atoms with Gasteiger partial charge in [0.05, 0.1) is 5.56 Å². The maximum absolute atomic E-state index is 12.6. The van der Waals surface area contributed by atoms with Gasteiger partial charge in [0.2, 0.25) is 0 Å². The number of alkyl halides is 3. The van der Waals surface area contributed by atoms with Gasteiger partial charge in [-0.15, -0.1) is 0 Å². The molecule has 0 saturated carbocycles. The molecule has 2 heterocycles. The molecule has 1 saturated heterocycles. The van der Waals surface area contributed by atoms with Crippen LogP contribution in [0.25, 0.3) is 0 Å². The van der Waals surface area contributed by atoms with Crippen LogP contribution in [0.2, 0.25) is 0 Å². The standard InChI is InChI=1S/C11H14F3N3S2/c12-11(13,14)7-3-9(15)17-10(4-7)16-5-8-6-18-1-2-19-8/h3-4,8H,1-2,5-6H2,(H3,15,16,17). The van der Waals surface area contributed by atoms with Crippen LogP contribution in [0.4, 0.5) is 24.8 Å². The molecule has 0 bridgehead atoms. The number of nitrogens with zero attached hydrogens (tertiary/aromatic N) is 1. The summed E-state index contributed by atoms with van der Waals surface area (Å²) in [6, 6.07) is 1.84. The topological polar surface area (TPSA) is 50.9 Å². The first-order valence-corrected chi connectivity index (χ1v) is 7.93. The third-order valence-corrected chi connectivity index (χ3v) is 5.41. The van der Waals surface area contributed by atoms with Gasteiger partial charge in [0, 0.05) is 29.1 Å². The number of nitrogens with one attached hydrogen (secondary N) is 1. The molecule has 1 fully saturated rings. The zero-order valence-electron chi connectivity index (χ0n) is 10.0. The summed E-state index contributed by atoms with van der Waals surface area (Å²) in [5.74, 6) is 3.28. The van der Waals surface area contributed by atoms with Crippen LogP contribution < -0.4 is 11.1 Å². The van der Waals surface area contributed by atoms with Crippen molar-refractivity contribution >= 4 is 35.2 Å². The highest BCUT2D eigenvalue weighted by molar-refractivity contribution is 8.06. The fourth-order valence-electron chi connectivity index (χ4n) is 1.68. The molecule has 2 rings (SSSR count). The van der Waals surface area contributed by atoms with Gasteiger partial charge >= 0.3 is 6.18 Å². The number of aromatic nitrogens is 1. The lowest BCUT2D eigenvalue weighted by molar-refractivity contribution is -0.137. The molecule has 106 valence electrons. The maximum atomic E-state index is 12.6. The SMILES string of the molecule is Nc1cc(C(F)(F)F)cc(NCC2CSCCS2)n1. The Morgan fingerprint density at radius 2 is 2.16 bits per heavy atom. The second kappa shape index (κ2) is 6.13. The van der Waals surface area contributed by atoms with Crippen LogP contribution in [-0.4, -0.2) is 34.0 Å². The fraction of sp³-hybridized carbons (Fsp3) is 0.545. The van der Waals surface area contributed by atoms with E-state index in [4.69, 9.17) is 5.73 Å². The minimum absolute atomic E-state index is 0.122. The lowest BCUT2D eigenvalue weighted by atomic mass is 10.2. The summed E-state index contributed by atoms with van der Waals surface area (Å²) in [4.78, 5) is 3.88. The lowest BCUT2D eigenvalue weighted by Crippen LogP contribution is -2.23. The maximum Gasteiger partial charge on any atom is 0.416 e. The zero-order chi connectivity index (χ0) is 13.9. The van der Waals surface area contributed by atoms with Crippen molar-refractivity contribution in [1.29, 1.82) is 0 Å². The van der Waals surface area contributed by atoms with E-state index in [-0.39, 0.29) is 11.6 Å². The predicted molar refractivity (Wildman–Crippen MR) is 75.7 cm³/mol. The van der Waals surface area contributed by atoms with E-state index < -0.39 is 11.7 Å². The van der Waals surface area contributed by atoms with Crippen molar-refractivity contribution < 1.29 is 13.2 Å². The summed E-state index contributed by atoms with van der Waals surface area (Å²) in [7, 11) is 0. The van der Waals surface area contributed by atoms with E-state index in [1.54, 1.807) is 0 Å². The molecule has 1 aliphatic heterocycles. The number of rotatable bonds is 3. The number of hydrogen-bond acceptors (Lipinski definition) is 5. The Labute approximate surface area is 117 Å². The van der Waals surface area contributed by atoms with Crippen LogP contribution in [0.1, 0.15) is 5.56 Å².